The number of halogens is 1. The van der Waals surface area contributed by atoms with E-state index in [0.29, 0.717) is 5.56 Å². The van der Waals surface area contributed by atoms with Gasteiger partial charge in [0.2, 0.25) is 0 Å². The van der Waals surface area contributed by atoms with Gasteiger partial charge >= 0.3 is 6.01 Å². The maximum atomic E-state index is 13.7. The van der Waals surface area contributed by atoms with Crippen LogP contribution in [0.5, 0.6) is 11.8 Å². The first kappa shape index (κ1) is 12.0. The molecule has 0 radical (unpaired) electrons. The fourth-order valence-electron chi connectivity index (χ4n) is 1.34. The molecule has 18 heavy (non-hydrogen) atoms. The molecule has 0 amide bonds. The maximum absolute atomic E-state index is 13.7. The van der Waals surface area contributed by atoms with Gasteiger partial charge in [0.05, 0.1) is 0 Å². The molecule has 0 atom stereocenters. The first-order valence-corrected chi connectivity index (χ1v) is 5.18. The van der Waals surface area contributed by atoms with Crippen molar-refractivity contribution in [3.05, 3.63) is 47.5 Å². The lowest BCUT2D eigenvalue weighted by molar-refractivity contribution is 0.409. The Balaban J connectivity index is 2.31. The van der Waals surface area contributed by atoms with Crippen molar-refractivity contribution in [1.29, 1.82) is 5.41 Å². The summed E-state index contributed by atoms with van der Waals surface area (Å²) in [5.41, 5.74) is 5.99. The Morgan fingerprint density at radius 3 is 2.89 bits per heavy atom. The van der Waals surface area contributed by atoms with Gasteiger partial charge in [0.25, 0.3) is 0 Å². The summed E-state index contributed by atoms with van der Waals surface area (Å²) in [5.74, 6) is -0.628. The Kier molecular flexibility index (Phi) is 3.18. The normalized spacial score (nSPS) is 10.1. The molecule has 0 bridgehead atoms. The molecule has 2 rings (SSSR count). The summed E-state index contributed by atoms with van der Waals surface area (Å²) >= 11 is 0. The van der Waals surface area contributed by atoms with Crippen LogP contribution in [0.4, 0.5) is 4.39 Å². The number of hydrogen-bond acceptors (Lipinski definition) is 4. The third-order valence-corrected chi connectivity index (χ3v) is 2.27. The second-order valence-electron chi connectivity index (χ2n) is 3.63. The van der Waals surface area contributed by atoms with Crippen molar-refractivity contribution in [2.75, 3.05) is 0 Å². The Bertz CT molecular complexity index is 600. The minimum Gasteiger partial charge on any atom is -0.421 e. The largest absolute Gasteiger partial charge is 0.421 e. The summed E-state index contributed by atoms with van der Waals surface area (Å²) in [6.45, 7) is 1.63. The molecule has 0 spiro atoms. The van der Waals surface area contributed by atoms with Gasteiger partial charge in [-0.3, -0.25) is 5.41 Å². The SMILES string of the molecule is Cc1cccc(Oc2nccc(C(=N)N)n2)c1F. The summed E-state index contributed by atoms with van der Waals surface area (Å²) in [7, 11) is 0. The van der Waals surface area contributed by atoms with Crippen LogP contribution in [0.15, 0.2) is 30.5 Å². The van der Waals surface area contributed by atoms with Crippen molar-refractivity contribution in [1.82, 2.24) is 9.97 Å². The van der Waals surface area contributed by atoms with E-state index in [2.05, 4.69) is 9.97 Å². The third-order valence-electron chi connectivity index (χ3n) is 2.27. The zero-order valence-corrected chi connectivity index (χ0v) is 9.64. The van der Waals surface area contributed by atoms with Crippen LogP contribution >= 0.6 is 0 Å². The predicted molar refractivity (Wildman–Crippen MR) is 64.3 cm³/mol. The summed E-state index contributed by atoms with van der Waals surface area (Å²) in [6, 6.07) is 6.21. The molecule has 0 aliphatic rings. The van der Waals surface area contributed by atoms with Crippen molar-refractivity contribution < 1.29 is 9.13 Å². The monoisotopic (exact) mass is 246 g/mol. The van der Waals surface area contributed by atoms with Crippen LogP contribution < -0.4 is 10.5 Å². The molecule has 92 valence electrons. The highest BCUT2D eigenvalue weighted by atomic mass is 19.1. The van der Waals surface area contributed by atoms with Crippen LogP contribution in [0.1, 0.15) is 11.3 Å². The van der Waals surface area contributed by atoms with E-state index in [-0.39, 0.29) is 23.3 Å². The molecule has 2 aromatic rings. The molecule has 1 aromatic heterocycles. The number of ether oxygens (including phenoxy) is 1. The van der Waals surface area contributed by atoms with Gasteiger partial charge in [-0.25, -0.2) is 9.37 Å². The molecular formula is C12H11FN4O. The van der Waals surface area contributed by atoms with E-state index in [1.165, 1.54) is 18.3 Å². The summed E-state index contributed by atoms with van der Waals surface area (Å²) in [6.07, 6.45) is 1.40. The van der Waals surface area contributed by atoms with Gasteiger partial charge in [0, 0.05) is 6.20 Å². The number of amidine groups is 1. The zero-order chi connectivity index (χ0) is 13.1. The third kappa shape index (κ3) is 2.42. The molecule has 6 heteroatoms. The Morgan fingerprint density at radius 1 is 1.39 bits per heavy atom. The number of aromatic nitrogens is 2. The summed E-state index contributed by atoms with van der Waals surface area (Å²) < 4.78 is 18.9. The number of nitrogens with one attached hydrogen (secondary N) is 1. The average molecular weight is 246 g/mol. The van der Waals surface area contributed by atoms with Crippen LogP contribution in [0, 0.1) is 18.2 Å². The van der Waals surface area contributed by atoms with Crippen molar-refractivity contribution in [3.8, 4) is 11.8 Å². The number of hydrogen-bond donors (Lipinski definition) is 2. The number of aryl methyl sites for hydroxylation is 1. The topological polar surface area (TPSA) is 84.9 Å². The molecular weight excluding hydrogens is 235 g/mol. The Morgan fingerprint density at radius 2 is 2.17 bits per heavy atom. The van der Waals surface area contributed by atoms with E-state index in [9.17, 15) is 4.39 Å². The highest BCUT2D eigenvalue weighted by Gasteiger charge is 2.09. The van der Waals surface area contributed by atoms with E-state index in [4.69, 9.17) is 15.9 Å². The fraction of sp³-hybridized carbons (Fsp3) is 0.0833. The van der Waals surface area contributed by atoms with Crippen LogP contribution in [0.3, 0.4) is 0 Å². The first-order valence-electron chi connectivity index (χ1n) is 5.18. The molecule has 0 unspecified atom stereocenters. The molecule has 0 aliphatic heterocycles. The maximum Gasteiger partial charge on any atom is 0.322 e. The highest BCUT2D eigenvalue weighted by molar-refractivity contribution is 5.92. The molecule has 1 heterocycles. The second kappa shape index (κ2) is 4.79. The van der Waals surface area contributed by atoms with Gasteiger partial charge < -0.3 is 10.5 Å². The molecule has 1 aromatic carbocycles. The molecule has 0 saturated heterocycles. The van der Waals surface area contributed by atoms with E-state index in [0.717, 1.165) is 0 Å². The summed E-state index contributed by atoms with van der Waals surface area (Å²) in [5, 5.41) is 7.25. The number of nitrogen functional groups attached to an aromatic ring is 1. The second-order valence-corrected chi connectivity index (χ2v) is 3.63. The Hall–Kier alpha value is -2.50. The molecule has 0 fully saturated rings. The fourth-order valence-corrected chi connectivity index (χ4v) is 1.34. The predicted octanol–water partition coefficient (Wildman–Crippen LogP) is 2.00. The van der Waals surface area contributed by atoms with E-state index in [1.54, 1.807) is 19.1 Å². The number of benzene rings is 1. The number of rotatable bonds is 3. The van der Waals surface area contributed by atoms with E-state index < -0.39 is 5.82 Å². The van der Waals surface area contributed by atoms with Crippen LogP contribution in [0.2, 0.25) is 0 Å². The molecule has 5 nitrogen and oxygen atoms in total. The minimum absolute atomic E-state index is 0.0377. The number of nitrogens with zero attached hydrogens (tertiary/aromatic N) is 2. The highest BCUT2D eigenvalue weighted by Crippen LogP contribution is 2.23. The van der Waals surface area contributed by atoms with E-state index >= 15 is 0 Å². The average Bonchev–Trinajstić information content (AvgIpc) is 2.35. The summed E-state index contributed by atoms with van der Waals surface area (Å²) in [4.78, 5) is 7.72. The minimum atomic E-state index is -0.464. The zero-order valence-electron chi connectivity index (χ0n) is 9.64. The van der Waals surface area contributed by atoms with Crippen LogP contribution in [0.25, 0.3) is 0 Å². The smallest absolute Gasteiger partial charge is 0.322 e. The van der Waals surface area contributed by atoms with Gasteiger partial charge in [-0.2, -0.15) is 4.98 Å². The van der Waals surface area contributed by atoms with Crippen LogP contribution in [-0.4, -0.2) is 15.8 Å². The Labute approximate surface area is 103 Å². The number of nitrogens with two attached hydrogens (primary N) is 1. The van der Waals surface area contributed by atoms with Crippen molar-refractivity contribution in [2.45, 2.75) is 6.92 Å². The van der Waals surface area contributed by atoms with Crippen molar-refractivity contribution >= 4 is 5.84 Å². The molecule has 3 N–H and O–H groups in total. The van der Waals surface area contributed by atoms with E-state index in [1.807, 2.05) is 0 Å². The van der Waals surface area contributed by atoms with Crippen LogP contribution in [-0.2, 0) is 0 Å². The standard InChI is InChI=1S/C12H11FN4O/c1-7-3-2-4-9(10(7)13)18-12-16-6-5-8(17-12)11(14)15/h2-6H,1H3,(H3,14,15). The lowest BCUT2D eigenvalue weighted by Crippen LogP contribution is -2.13. The van der Waals surface area contributed by atoms with Gasteiger partial charge in [0.1, 0.15) is 11.5 Å². The first-order chi connectivity index (χ1) is 8.58. The van der Waals surface area contributed by atoms with Gasteiger partial charge in [-0.05, 0) is 24.6 Å². The molecule has 0 aliphatic carbocycles. The van der Waals surface area contributed by atoms with Crippen molar-refractivity contribution in [3.63, 3.8) is 0 Å². The lowest BCUT2D eigenvalue weighted by atomic mass is 10.2. The molecule has 0 saturated carbocycles. The van der Waals surface area contributed by atoms with Gasteiger partial charge in [0.15, 0.2) is 11.6 Å². The van der Waals surface area contributed by atoms with Gasteiger partial charge in [-0.15, -0.1) is 0 Å². The quantitative estimate of drug-likeness (QED) is 0.640. The van der Waals surface area contributed by atoms with Gasteiger partial charge in [-0.1, -0.05) is 12.1 Å². The lowest BCUT2D eigenvalue weighted by Gasteiger charge is -2.06. The van der Waals surface area contributed by atoms with Crippen molar-refractivity contribution in [2.24, 2.45) is 5.73 Å².